The smallest absolute Gasteiger partial charge is 0.243 e. The third-order valence-corrected chi connectivity index (χ3v) is 4.42. The summed E-state index contributed by atoms with van der Waals surface area (Å²) < 4.78 is 11.2. The zero-order valence-corrected chi connectivity index (χ0v) is 17.0. The Balaban J connectivity index is 1.39. The van der Waals surface area contributed by atoms with Crippen molar-refractivity contribution in [3.63, 3.8) is 0 Å². The number of hydrogen-bond donors (Lipinski definition) is 2. The normalized spacial score (nSPS) is 10.3. The van der Waals surface area contributed by atoms with E-state index in [9.17, 15) is 4.79 Å². The topological polar surface area (TPSA) is 59.6 Å². The van der Waals surface area contributed by atoms with Gasteiger partial charge in [0.05, 0.1) is 17.3 Å². The van der Waals surface area contributed by atoms with Gasteiger partial charge in [-0.3, -0.25) is 4.79 Å². The van der Waals surface area contributed by atoms with E-state index in [2.05, 4.69) is 10.6 Å². The summed E-state index contributed by atoms with van der Waals surface area (Å²) in [7, 11) is 0. The Kier molecular flexibility index (Phi) is 7.61. The number of benzene rings is 3. The molecule has 0 aliphatic heterocycles. The molecule has 0 fully saturated rings. The Morgan fingerprint density at radius 3 is 2.14 bits per heavy atom. The van der Waals surface area contributed by atoms with Gasteiger partial charge < -0.3 is 20.1 Å². The second-order valence-electron chi connectivity index (χ2n) is 6.06. The molecule has 0 unspecified atom stereocenters. The predicted octanol–water partition coefficient (Wildman–Crippen LogP) is 5.50. The molecule has 0 radical (unpaired) electrons. The van der Waals surface area contributed by atoms with E-state index < -0.39 is 0 Å². The number of amides is 1. The monoisotopic (exact) mass is 430 g/mol. The Morgan fingerprint density at radius 2 is 1.48 bits per heavy atom. The second-order valence-corrected chi connectivity index (χ2v) is 6.90. The zero-order chi connectivity index (χ0) is 20.5. The molecular weight excluding hydrogens is 411 g/mol. The molecule has 3 aromatic carbocycles. The summed E-state index contributed by atoms with van der Waals surface area (Å²) in [5.41, 5.74) is 1.32. The van der Waals surface area contributed by atoms with Gasteiger partial charge in [0.2, 0.25) is 5.91 Å². The number of carbonyl (C=O) groups excluding carboxylic acids is 1. The van der Waals surface area contributed by atoms with Crippen molar-refractivity contribution in [3.05, 3.63) is 82.8 Å². The minimum absolute atomic E-state index is 0.0798. The third-order valence-electron chi connectivity index (χ3n) is 3.87. The van der Waals surface area contributed by atoms with E-state index in [1.807, 2.05) is 30.3 Å². The highest BCUT2D eigenvalue weighted by atomic mass is 35.5. The molecule has 0 aromatic heterocycles. The van der Waals surface area contributed by atoms with E-state index in [0.29, 0.717) is 40.4 Å². The lowest BCUT2D eigenvalue weighted by Crippen LogP contribution is -2.21. The molecule has 3 aromatic rings. The van der Waals surface area contributed by atoms with Crippen LogP contribution in [0.15, 0.2) is 72.8 Å². The first-order chi connectivity index (χ1) is 14.1. The average molecular weight is 431 g/mol. The van der Waals surface area contributed by atoms with Crippen LogP contribution in [0, 0.1) is 0 Å². The van der Waals surface area contributed by atoms with Gasteiger partial charge in [0.25, 0.3) is 0 Å². The number of hydrogen-bond acceptors (Lipinski definition) is 4. The fourth-order valence-electron chi connectivity index (χ4n) is 2.48. The van der Waals surface area contributed by atoms with Crippen LogP contribution in [0.4, 0.5) is 11.4 Å². The van der Waals surface area contributed by atoms with Crippen LogP contribution in [0.3, 0.4) is 0 Å². The first-order valence-corrected chi connectivity index (χ1v) is 9.75. The maximum absolute atomic E-state index is 12.1. The lowest BCUT2D eigenvalue weighted by molar-refractivity contribution is -0.114. The van der Waals surface area contributed by atoms with Gasteiger partial charge in [-0.15, -0.1) is 0 Å². The molecule has 0 aliphatic carbocycles. The van der Waals surface area contributed by atoms with Crippen molar-refractivity contribution in [1.29, 1.82) is 0 Å². The summed E-state index contributed by atoms with van der Waals surface area (Å²) in [5.74, 6) is 1.31. The summed E-state index contributed by atoms with van der Waals surface area (Å²) in [4.78, 5) is 12.1. The molecule has 2 N–H and O–H groups in total. The highest BCUT2D eigenvalue weighted by Crippen LogP contribution is 2.25. The van der Waals surface area contributed by atoms with Gasteiger partial charge in [0, 0.05) is 10.7 Å². The minimum Gasteiger partial charge on any atom is -0.490 e. The largest absolute Gasteiger partial charge is 0.490 e. The number of carbonyl (C=O) groups is 1. The van der Waals surface area contributed by atoms with Crippen molar-refractivity contribution in [2.45, 2.75) is 0 Å². The van der Waals surface area contributed by atoms with Crippen molar-refractivity contribution in [1.82, 2.24) is 0 Å². The summed E-state index contributed by atoms with van der Waals surface area (Å²) in [6.07, 6.45) is 0. The van der Waals surface area contributed by atoms with Gasteiger partial charge in [-0.1, -0.05) is 41.4 Å². The Bertz CT molecular complexity index is 935. The quantitative estimate of drug-likeness (QED) is 0.439. The SMILES string of the molecule is O=C(CNc1ccc(Cl)cc1Cl)Nc1ccc(OCCOc2ccccc2)cc1. The van der Waals surface area contributed by atoms with Crippen molar-refractivity contribution in [3.8, 4) is 11.5 Å². The summed E-state index contributed by atoms with van der Waals surface area (Å²) in [6.45, 7) is 0.949. The van der Waals surface area contributed by atoms with Crippen molar-refractivity contribution < 1.29 is 14.3 Å². The molecule has 1 amide bonds. The molecular formula is C22H20Cl2N2O3. The van der Waals surface area contributed by atoms with Crippen LogP contribution >= 0.6 is 23.2 Å². The van der Waals surface area contributed by atoms with E-state index in [1.165, 1.54) is 0 Å². The fourth-order valence-corrected chi connectivity index (χ4v) is 2.96. The van der Waals surface area contributed by atoms with Crippen LogP contribution in [0.5, 0.6) is 11.5 Å². The number of anilines is 2. The molecule has 0 saturated heterocycles. The number of rotatable bonds is 9. The standard InChI is InChI=1S/C22H20Cl2N2O3/c23-16-6-11-21(20(24)14-16)25-15-22(27)26-17-7-9-19(10-8-17)29-13-12-28-18-4-2-1-3-5-18/h1-11,14,25H,12-13,15H2,(H,26,27). The van der Waals surface area contributed by atoms with Crippen LogP contribution in [0.1, 0.15) is 0 Å². The number of nitrogens with one attached hydrogen (secondary N) is 2. The molecule has 5 nitrogen and oxygen atoms in total. The number of halogens is 2. The Labute approximate surface area is 179 Å². The number of para-hydroxylation sites is 1. The van der Waals surface area contributed by atoms with Gasteiger partial charge in [-0.2, -0.15) is 0 Å². The molecule has 7 heteroatoms. The first-order valence-electron chi connectivity index (χ1n) is 8.99. The maximum Gasteiger partial charge on any atom is 0.243 e. The number of ether oxygens (including phenoxy) is 2. The van der Waals surface area contributed by atoms with E-state index in [1.54, 1.807) is 42.5 Å². The zero-order valence-electron chi connectivity index (χ0n) is 15.5. The van der Waals surface area contributed by atoms with Gasteiger partial charge >= 0.3 is 0 Å². The van der Waals surface area contributed by atoms with Crippen molar-refractivity contribution in [2.24, 2.45) is 0 Å². The molecule has 3 rings (SSSR count). The molecule has 150 valence electrons. The predicted molar refractivity (Wildman–Crippen MR) is 117 cm³/mol. The van der Waals surface area contributed by atoms with Gasteiger partial charge in [0.15, 0.2) is 0 Å². The molecule has 0 saturated carbocycles. The van der Waals surface area contributed by atoms with Crippen LogP contribution in [-0.2, 0) is 4.79 Å². The summed E-state index contributed by atoms with van der Waals surface area (Å²) >= 11 is 11.9. The fraction of sp³-hybridized carbons (Fsp3) is 0.136. The molecule has 0 aliphatic rings. The summed E-state index contributed by atoms with van der Waals surface area (Å²) in [5, 5.41) is 6.79. The van der Waals surface area contributed by atoms with E-state index >= 15 is 0 Å². The van der Waals surface area contributed by atoms with Gasteiger partial charge in [-0.25, -0.2) is 0 Å². The highest BCUT2D eigenvalue weighted by molar-refractivity contribution is 6.36. The second kappa shape index (κ2) is 10.6. The molecule has 0 atom stereocenters. The van der Waals surface area contributed by atoms with E-state index in [4.69, 9.17) is 32.7 Å². The third kappa shape index (κ3) is 6.89. The Morgan fingerprint density at radius 1 is 0.828 bits per heavy atom. The average Bonchev–Trinajstić information content (AvgIpc) is 2.72. The van der Waals surface area contributed by atoms with Crippen LogP contribution in [0.2, 0.25) is 10.0 Å². The van der Waals surface area contributed by atoms with Crippen molar-refractivity contribution in [2.75, 3.05) is 30.4 Å². The molecule has 0 heterocycles. The van der Waals surface area contributed by atoms with Crippen LogP contribution < -0.4 is 20.1 Å². The lowest BCUT2D eigenvalue weighted by atomic mass is 10.3. The van der Waals surface area contributed by atoms with Crippen molar-refractivity contribution >= 4 is 40.5 Å². The van der Waals surface area contributed by atoms with Gasteiger partial charge in [0.1, 0.15) is 24.7 Å². The van der Waals surface area contributed by atoms with E-state index in [-0.39, 0.29) is 12.5 Å². The minimum atomic E-state index is -0.194. The molecule has 0 bridgehead atoms. The maximum atomic E-state index is 12.1. The summed E-state index contributed by atoms with van der Waals surface area (Å²) in [6, 6.07) is 21.8. The Hall–Kier alpha value is -2.89. The first kappa shape index (κ1) is 20.8. The van der Waals surface area contributed by atoms with E-state index in [0.717, 1.165) is 5.75 Å². The van der Waals surface area contributed by atoms with Crippen LogP contribution in [0.25, 0.3) is 0 Å². The molecule has 29 heavy (non-hydrogen) atoms. The lowest BCUT2D eigenvalue weighted by Gasteiger charge is -2.11. The molecule has 0 spiro atoms. The highest BCUT2D eigenvalue weighted by Gasteiger charge is 2.06. The van der Waals surface area contributed by atoms with Gasteiger partial charge in [-0.05, 0) is 54.6 Å². The van der Waals surface area contributed by atoms with Crippen LogP contribution in [-0.4, -0.2) is 25.7 Å².